The molecule has 2 N–H and O–H groups in total. The Morgan fingerprint density at radius 1 is 1.29 bits per heavy atom. The van der Waals surface area contributed by atoms with Crippen LogP contribution >= 0.6 is 0 Å². The van der Waals surface area contributed by atoms with Crippen molar-refractivity contribution in [2.75, 3.05) is 27.3 Å². The van der Waals surface area contributed by atoms with E-state index in [9.17, 15) is 4.79 Å². The van der Waals surface area contributed by atoms with Crippen molar-refractivity contribution >= 4 is 6.29 Å². The van der Waals surface area contributed by atoms with E-state index in [0.29, 0.717) is 18.7 Å². The lowest BCUT2D eigenvalue weighted by Gasteiger charge is -2.41. The van der Waals surface area contributed by atoms with E-state index in [4.69, 9.17) is 15.2 Å². The van der Waals surface area contributed by atoms with Gasteiger partial charge in [0.1, 0.15) is 6.29 Å². The minimum atomic E-state index is 0.220. The predicted molar refractivity (Wildman–Crippen MR) is 79.5 cm³/mol. The molecule has 0 aliphatic carbocycles. The van der Waals surface area contributed by atoms with Gasteiger partial charge in [0, 0.05) is 36.8 Å². The third-order valence-electron chi connectivity index (χ3n) is 4.45. The Kier molecular flexibility index (Phi) is 3.59. The highest BCUT2D eigenvalue weighted by Crippen LogP contribution is 2.41. The Balaban J connectivity index is 2.03. The number of carbonyl (C=O) groups is 1. The van der Waals surface area contributed by atoms with Gasteiger partial charge < -0.3 is 15.2 Å². The molecule has 1 aromatic rings. The van der Waals surface area contributed by atoms with E-state index in [1.807, 2.05) is 6.07 Å². The van der Waals surface area contributed by atoms with E-state index < -0.39 is 0 Å². The number of benzene rings is 1. The number of nitrogens with zero attached hydrogens (tertiary/aromatic N) is 1. The van der Waals surface area contributed by atoms with Gasteiger partial charge >= 0.3 is 0 Å². The van der Waals surface area contributed by atoms with Gasteiger partial charge in [0.15, 0.2) is 11.5 Å². The summed E-state index contributed by atoms with van der Waals surface area (Å²) in [6, 6.07) is 4.32. The molecule has 0 bridgehead atoms. The molecule has 1 aromatic carbocycles. The zero-order valence-corrected chi connectivity index (χ0v) is 12.4. The van der Waals surface area contributed by atoms with Crippen molar-refractivity contribution in [1.82, 2.24) is 4.90 Å². The number of carbonyl (C=O) groups excluding carboxylic acids is 1. The molecule has 0 saturated heterocycles. The summed E-state index contributed by atoms with van der Waals surface area (Å²) < 4.78 is 10.8. The first-order chi connectivity index (χ1) is 10.2. The van der Waals surface area contributed by atoms with Crippen molar-refractivity contribution in [1.29, 1.82) is 0 Å². The van der Waals surface area contributed by atoms with E-state index in [2.05, 4.69) is 11.0 Å². The lowest BCUT2D eigenvalue weighted by Crippen LogP contribution is -2.41. The molecule has 0 amide bonds. The summed E-state index contributed by atoms with van der Waals surface area (Å²) in [5, 5.41) is 0. The fourth-order valence-electron chi connectivity index (χ4n) is 3.28. The second-order valence-corrected chi connectivity index (χ2v) is 5.51. The van der Waals surface area contributed by atoms with Crippen LogP contribution in [0.4, 0.5) is 0 Å². The van der Waals surface area contributed by atoms with Crippen molar-refractivity contribution in [2.45, 2.75) is 18.9 Å². The van der Waals surface area contributed by atoms with Crippen LogP contribution in [0.5, 0.6) is 11.5 Å². The summed E-state index contributed by atoms with van der Waals surface area (Å²) in [4.78, 5) is 13.4. The van der Waals surface area contributed by atoms with Crippen molar-refractivity contribution in [3.05, 3.63) is 34.5 Å². The minimum absolute atomic E-state index is 0.220. The molecule has 1 atom stereocenters. The van der Waals surface area contributed by atoms with Crippen LogP contribution in [0.2, 0.25) is 0 Å². The quantitative estimate of drug-likeness (QED) is 0.852. The molecule has 5 heteroatoms. The number of nitrogens with two attached hydrogens (primary N) is 1. The van der Waals surface area contributed by atoms with E-state index in [1.165, 1.54) is 11.1 Å². The van der Waals surface area contributed by atoms with E-state index >= 15 is 0 Å². The highest BCUT2D eigenvalue weighted by molar-refractivity contribution is 5.75. The third kappa shape index (κ3) is 2.27. The van der Waals surface area contributed by atoms with Gasteiger partial charge in [-0.3, -0.25) is 9.69 Å². The zero-order valence-electron chi connectivity index (χ0n) is 12.4. The standard InChI is InChI=1S/C16H20N2O3/c1-20-15-5-10-3-4-18-8-11(9-19)13(17)7-14(18)12(10)6-16(15)21-2/h5-6,9,14H,3-4,7-8,17H2,1-2H3. The third-order valence-corrected chi connectivity index (χ3v) is 4.45. The lowest BCUT2D eigenvalue weighted by molar-refractivity contribution is -0.105. The minimum Gasteiger partial charge on any atom is -0.493 e. The van der Waals surface area contributed by atoms with Gasteiger partial charge in [-0.2, -0.15) is 0 Å². The molecule has 112 valence electrons. The van der Waals surface area contributed by atoms with Crippen LogP contribution in [0.3, 0.4) is 0 Å². The topological polar surface area (TPSA) is 64.8 Å². The molecule has 3 rings (SSSR count). The molecule has 5 nitrogen and oxygen atoms in total. The molecule has 0 radical (unpaired) electrons. The first-order valence-corrected chi connectivity index (χ1v) is 7.09. The summed E-state index contributed by atoms with van der Waals surface area (Å²) in [5.74, 6) is 1.50. The molecule has 0 spiro atoms. The smallest absolute Gasteiger partial charge is 0.161 e. The number of rotatable bonds is 3. The Morgan fingerprint density at radius 2 is 2.00 bits per heavy atom. The molecule has 0 aromatic heterocycles. The number of fused-ring (bicyclic) bond motifs is 3. The van der Waals surface area contributed by atoms with Crippen molar-refractivity contribution in [2.24, 2.45) is 5.73 Å². The first kappa shape index (κ1) is 13.9. The number of methoxy groups -OCH3 is 2. The summed E-state index contributed by atoms with van der Waals surface area (Å²) in [6.07, 6.45) is 2.52. The Bertz CT molecular complexity index is 610. The summed E-state index contributed by atoms with van der Waals surface area (Å²) in [6.45, 7) is 1.56. The van der Waals surface area contributed by atoms with Gasteiger partial charge in [-0.1, -0.05) is 0 Å². The Hall–Kier alpha value is -2.01. The van der Waals surface area contributed by atoms with Crippen molar-refractivity contribution < 1.29 is 14.3 Å². The van der Waals surface area contributed by atoms with Crippen molar-refractivity contribution in [3.8, 4) is 11.5 Å². The lowest BCUT2D eigenvalue weighted by atomic mass is 9.86. The van der Waals surface area contributed by atoms with Crippen LogP contribution in [0.1, 0.15) is 23.6 Å². The molecule has 1 unspecified atom stereocenters. The molecule has 21 heavy (non-hydrogen) atoms. The molecule has 0 fully saturated rings. The molecular formula is C16H20N2O3. The van der Waals surface area contributed by atoms with Crippen LogP contribution in [-0.2, 0) is 11.2 Å². The van der Waals surface area contributed by atoms with Gasteiger partial charge in [0.25, 0.3) is 0 Å². The summed E-state index contributed by atoms with van der Waals surface area (Å²) in [5.41, 5.74) is 9.97. The number of ether oxygens (including phenoxy) is 2. The van der Waals surface area contributed by atoms with Crippen LogP contribution in [0, 0.1) is 0 Å². The fourth-order valence-corrected chi connectivity index (χ4v) is 3.28. The van der Waals surface area contributed by atoms with E-state index in [-0.39, 0.29) is 6.04 Å². The SMILES string of the molecule is COc1cc2c(cc1OC)C1CC(N)=C(C=O)CN1CC2. The largest absolute Gasteiger partial charge is 0.493 e. The number of hydrogen-bond donors (Lipinski definition) is 1. The van der Waals surface area contributed by atoms with Crippen LogP contribution in [0.15, 0.2) is 23.4 Å². The normalized spacial score (nSPS) is 21.5. The molecule has 2 aliphatic heterocycles. The molecule has 0 saturated carbocycles. The van der Waals surface area contributed by atoms with E-state index in [0.717, 1.165) is 36.3 Å². The van der Waals surface area contributed by atoms with Gasteiger partial charge in [0.2, 0.25) is 0 Å². The zero-order chi connectivity index (χ0) is 15.0. The maximum atomic E-state index is 11.1. The van der Waals surface area contributed by atoms with Crippen molar-refractivity contribution in [3.63, 3.8) is 0 Å². The number of hydrogen-bond acceptors (Lipinski definition) is 5. The average molecular weight is 288 g/mol. The second-order valence-electron chi connectivity index (χ2n) is 5.51. The second kappa shape index (κ2) is 5.41. The predicted octanol–water partition coefficient (Wildman–Crippen LogP) is 1.42. The van der Waals surface area contributed by atoms with Crippen LogP contribution < -0.4 is 15.2 Å². The van der Waals surface area contributed by atoms with E-state index in [1.54, 1.807) is 14.2 Å². The molecular weight excluding hydrogens is 268 g/mol. The molecule has 2 aliphatic rings. The van der Waals surface area contributed by atoms with Gasteiger partial charge in [-0.15, -0.1) is 0 Å². The summed E-state index contributed by atoms with van der Waals surface area (Å²) in [7, 11) is 3.29. The van der Waals surface area contributed by atoms with Gasteiger partial charge in [-0.05, 0) is 29.7 Å². The highest BCUT2D eigenvalue weighted by Gasteiger charge is 2.33. The summed E-state index contributed by atoms with van der Waals surface area (Å²) >= 11 is 0. The molecule has 2 heterocycles. The Morgan fingerprint density at radius 3 is 2.67 bits per heavy atom. The van der Waals surface area contributed by atoms with Gasteiger partial charge in [-0.25, -0.2) is 0 Å². The van der Waals surface area contributed by atoms with Crippen LogP contribution in [-0.4, -0.2) is 38.5 Å². The first-order valence-electron chi connectivity index (χ1n) is 7.09. The fraction of sp³-hybridized carbons (Fsp3) is 0.438. The Labute approximate surface area is 124 Å². The van der Waals surface area contributed by atoms with Crippen LogP contribution in [0.25, 0.3) is 0 Å². The maximum absolute atomic E-state index is 11.1. The maximum Gasteiger partial charge on any atom is 0.161 e. The number of aldehydes is 1. The highest BCUT2D eigenvalue weighted by atomic mass is 16.5. The van der Waals surface area contributed by atoms with Gasteiger partial charge in [0.05, 0.1) is 14.2 Å². The monoisotopic (exact) mass is 288 g/mol. The average Bonchev–Trinajstić information content (AvgIpc) is 2.52.